The largest absolute Gasteiger partial charge is 0.478 e. The summed E-state index contributed by atoms with van der Waals surface area (Å²) in [6.45, 7) is 3.85. The molecular weight excluding hydrogens is 506 g/mol. The molecule has 1 aliphatic rings. The van der Waals surface area contributed by atoms with Gasteiger partial charge in [0, 0.05) is 21.5 Å². The molecule has 33 heavy (non-hydrogen) atoms. The monoisotopic (exact) mass is 523 g/mol. The van der Waals surface area contributed by atoms with Gasteiger partial charge in [-0.05, 0) is 80.2 Å². The molecule has 2 aromatic carbocycles. The number of aromatic nitrogens is 1. The van der Waals surface area contributed by atoms with Gasteiger partial charge in [-0.3, -0.25) is 19.8 Å². The lowest BCUT2D eigenvalue weighted by Gasteiger charge is -2.29. The van der Waals surface area contributed by atoms with Crippen LogP contribution in [0.5, 0.6) is 0 Å². The fraction of sp³-hybridized carbons (Fsp3) is 0.0833. The van der Waals surface area contributed by atoms with Gasteiger partial charge >= 0.3 is 5.97 Å². The average molecular weight is 524 g/mol. The normalized spacial score (nSPS) is 15.2. The van der Waals surface area contributed by atoms with Crippen molar-refractivity contribution >= 4 is 62.8 Å². The second-order valence-electron chi connectivity index (χ2n) is 7.46. The van der Waals surface area contributed by atoms with E-state index in [4.69, 9.17) is 12.2 Å². The van der Waals surface area contributed by atoms with Crippen molar-refractivity contribution in [3.05, 3.63) is 87.2 Å². The number of aromatic carboxylic acids is 1. The standard InChI is InChI=1S/C24H18BrN3O4S/c1-13-9-16(14(2)27(13)19-8-4-6-17(25)12-19)11-20-21(29)26-24(33)28(22(20)30)18-7-3-5-15(10-18)23(31)32/h3-12H,1-2H3,(H,31,32)(H,26,29,33). The van der Waals surface area contributed by atoms with E-state index in [1.54, 1.807) is 6.07 Å². The summed E-state index contributed by atoms with van der Waals surface area (Å²) in [5, 5.41) is 11.7. The molecule has 0 spiro atoms. The third-order valence-corrected chi connectivity index (χ3v) is 6.07. The molecule has 0 bridgehead atoms. The van der Waals surface area contributed by atoms with Crippen molar-refractivity contribution in [2.75, 3.05) is 4.90 Å². The maximum absolute atomic E-state index is 13.3. The Labute approximate surface area is 203 Å². The summed E-state index contributed by atoms with van der Waals surface area (Å²) in [4.78, 5) is 38.4. The molecule has 0 saturated carbocycles. The van der Waals surface area contributed by atoms with Crippen LogP contribution in [0.25, 0.3) is 11.8 Å². The molecule has 2 heterocycles. The van der Waals surface area contributed by atoms with E-state index < -0.39 is 17.8 Å². The second-order valence-corrected chi connectivity index (χ2v) is 8.76. The maximum Gasteiger partial charge on any atom is 0.335 e. The molecule has 1 aromatic heterocycles. The predicted octanol–water partition coefficient (Wildman–Crippen LogP) is 4.39. The Hall–Kier alpha value is -3.56. The number of thiocarbonyl (C=S) groups is 1. The van der Waals surface area contributed by atoms with E-state index >= 15 is 0 Å². The zero-order valence-corrected chi connectivity index (χ0v) is 20.0. The van der Waals surface area contributed by atoms with Gasteiger partial charge in [0.2, 0.25) is 0 Å². The molecule has 166 valence electrons. The Morgan fingerprint density at radius 1 is 1.06 bits per heavy atom. The first kappa shape index (κ1) is 22.6. The lowest BCUT2D eigenvalue weighted by Crippen LogP contribution is -2.54. The number of carbonyl (C=O) groups excluding carboxylic acids is 2. The van der Waals surface area contributed by atoms with Crippen LogP contribution in [0, 0.1) is 13.8 Å². The Kier molecular flexibility index (Phi) is 6.01. The molecule has 0 atom stereocenters. The van der Waals surface area contributed by atoms with Crippen LogP contribution in [0.1, 0.15) is 27.3 Å². The van der Waals surface area contributed by atoms with E-state index in [0.29, 0.717) is 5.56 Å². The molecule has 4 rings (SSSR count). The van der Waals surface area contributed by atoms with Crippen LogP contribution in [-0.4, -0.2) is 32.6 Å². The van der Waals surface area contributed by atoms with E-state index in [1.807, 2.05) is 48.7 Å². The number of hydrogen-bond acceptors (Lipinski definition) is 4. The summed E-state index contributed by atoms with van der Waals surface area (Å²) in [5.41, 5.74) is 3.60. The van der Waals surface area contributed by atoms with Crippen LogP contribution in [0.4, 0.5) is 5.69 Å². The van der Waals surface area contributed by atoms with Crippen LogP contribution in [0.2, 0.25) is 0 Å². The lowest BCUT2D eigenvalue weighted by molar-refractivity contribution is -0.122. The highest BCUT2D eigenvalue weighted by atomic mass is 79.9. The molecule has 7 nitrogen and oxygen atoms in total. The molecule has 3 aromatic rings. The first-order valence-electron chi connectivity index (χ1n) is 9.87. The van der Waals surface area contributed by atoms with Crippen molar-refractivity contribution < 1.29 is 19.5 Å². The maximum atomic E-state index is 13.3. The highest BCUT2D eigenvalue weighted by Gasteiger charge is 2.35. The third-order valence-electron chi connectivity index (χ3n) is 5.29. The Morgan fingerprint density at radius 2 is 1.76 bits per heavy atom. The summed E-state index contributed by atoms with van der Waals surface area (Å²) >= 11 is 8.69. The number of nitrogens with one attached hydrogen (secondary N) is 1. The molecular formula is C24H18BrN3O4S. The van der Waals surface area contributed by atoms with Crippen LogP contribution < -0.4 is 10.2 Å². The molecule has 0 aliphatic carbocycles. The molecule has 2 amide bonds. The predicted molar refractivity (Wildman–Crippen MR) is 133 cm³/mol. The topological polar surface area (TPSA) is 91.6 Å². The molecule has 0 unspecified atom stereocenters. The van der Waals surface area contributed by atoms with E-state index in [9.17, 15) is 19.5 Å². The van der Waals surface area contributed by atoms with E-state index in [1.165, 1.54) is 24.3 Å². The SMILES string of the molecule is Cc1cc(C=C2C(=O)NC(=S)N(c3cccc(C(=O)O)c3)C2=O)c(C)n1-c1cccc(Br)c1. The van der Waals surface area contributed by atoms with E-state index in [0.717, 1.165) is 26.4 Å². The van der Waals surface area contributed by atoms with Gasteiger partial charge in [-0.25, -0.2) is 4.79 Å². The summed E-state index contributed by atoms with van der Waals surface area (Å²) in [6, 6.07) is 15.5. The number of aryl methyl sites for hydroxylation is 1. The van der Waals surface area contributed by atoms with Crippen LogP contribution in [0.3, 0.4) is 0 Å². The Bertz CT molecular complexity index is 1380. The van der Waals surface area contributed by atoms with Gasteiger partial charge in [0.25, 0.3) is 11.8 Å². The van der Waals surface area contributed by atoms with Crippen molar-refractivity contribution in [3.63, 3.8) is 0 Å². The molecule has 1 fully saturated rings. The second kappa shape index (κ2) is 8.76. The number of carboxylic acids is 1. The minimum Gasteiger partial charge on any atom is -0.478 e. The number of benzene rings is 2. The van der Waals surface area contributed by atoms with E-state index in [2.05, 4.69) is 21.2 Å². The van der Waals surface area contributed by atoms with Gasteiger partial charge in [0.05, 0.1) is 11.3 Å². The summed E-state index contributed by atoms with van der Waals surface area (Å²) < 4.78 is 2.96. The smallest absolute Gasteiger partial charge is 0.335 e. The third kappa shape index (κ3) is 4.24. The fourth-order valence-corrected chi connectivity index (χ4v) is 4.44. The number of anilines is 1. The highest BCUT2D eigenvalue weighted by Crippen LogP contribution is 2.27. The van der Waals surface area contributed by atoms with Crippen LogP contribution >= 0.6 is 28.1 Å². The van der Waals surface area contributed by atoms with E-state index in [-0.39, 0.29) is 21.9 Å². The van der Waals surface area contributed by atoms with Crippen molar-refractivity contribution in [2.24, 2.45) is 0 Å². The molecule has 1 saturated heterocycles. The van der Waals surface area contributed by atoms with Gasteiger partial charge in [0.1, 0.15) is 5.57 Å². The zero-order chi connectivity index (χ0) is 23.9. The van der Waals surface area contributed by atoms with Crippen LogP contribution in [0.15, 0.2) is 64.6 Å². The number of rotatable bonds is 4. The fourth-order valence-electron chi connectivity index (χ4n) is 3.77. The minimum absolute atomic E-state index is 0.00287. The van der Waals surface area contributed by atoms with Gasteiger partial charge in [-0.2, -0.15) is 0 Å². The van der Waals surface area contributed by atoms with Crippen molar-refractivity contribution in [2.45, 2.75) is 13.8 Å². The number of halogens is 1. The first-order valence-corrected chi connectivity index (χ1v) is 11.1. The van der Waals surface area contributed by atoms with Crippen LogP contribution in [-0.2, 0) is 9.59 Å². The van der Waals surface area contributed by atoms with Crippen molar-refractivity contribution in [1.29, 1.82) is 0 Å². The molecule has 1 aliphatic heterocycles. The van der Waals surface area contributed by atoms with Gasteiger partial charge in [0.15, 0.2) is 5.11 Å². The number of nitrogens with zero attached hydrogens (tertiary/aromatic N) is 2. The number of carboxylic acid groups (broad SMARTS) is 1. The highest BCUT2D eigenvalue weighted by molar-refractivity contribution is 9.10. The minimum atomic E-state index is -1.13. The quantitative estimate of drug-likeness (QED) is 0.300. The first-order chi connectivity index (χ1) is 15.7. The number of amides is 2. The summed E-state index contributed by atoms with van der Waals surface area (Å²) in [5.74, 6) is -2.37. The Morgan fingerprint density at radius 3 is 2.45 bits per heavy atom. The molecule has 0 radical (unpaired) electrons. The van der Waals surface area contributed by atoms with Crippen molar-refractivity contribution in [1.82, 2.24) is 9.88 Å². The van der Waals surface area contributed by atoms with Gasteiger partial charge < -0.3 is 9.67 Å². The molecule has 2 N–H and O–H groups in total. The summed E-state index contributed by atoms with van der Waals surface area (Å²) in [7, 11) is 0. The van der Waals surface area contributed by atoms with Crippen molar-refractivity contribution in [3.8, 4) is 5.69 Å². The Balaban J connectivity index is 1.77. The number of carbonyl (C=O) groups is 3. The van der Waals surface area contributed by atoms with Gasteiger partial charge in [-0.1, -0.05) is 28.1 Å². The molecule has 9 heteroatoms. The average Bonchev–Trinajstić information content (AvgIpc) is 3.04. The number of hydrogen-bond donors (Lipinski definition) is 2. The zero-order valence-electron chi connectivity index (χ0n) is 17.6. The lowest BCUT2D eigenvalue weighted by atomic mass is 10.1. The summed E-state index contributed by atoms with van der Waals surface area (Å²) in [6.07, 6.45) is 1.53. The van der Waals surface area contributed by atoms with Gasteiger partial charge in [-0.15, -0.1) is 0 Å².